The van der Waals surface area contributed by atoms with Crippen LogP contribution in [0, 0.1) is 0 Å². The predicted molar refractivity (Wildman–Crippen MR) is 202 cm³/mol. The molecule has 1 aliphatic rings. The molecule has 2 aromatic heterocycles. The van der Waals surface area contributed by atoms with Crippen LogP contribution in [-0.2, 0) is 5.41 Å². The van der Waals surface area contributed by atoms with Gasteiger partial charge in [0.05, 0.1) is 0 Å². The number of rotatable bonds is 3. The highest BCUT2D eigenvalue weighted by atomic mass is 32.1. The minimum Gasteiger partial charge on any atom is -0.310 e. The molecule has 0 saturated heterocycles. The lowest BCUT2D eigenvalue weighted by atomic mass is 9.82. The maximum Gasteiger partial charge on any atom is 0.0476 e. The zero-order valence-corrected chi connectivity index (χ0v) is 27.2. The standard InChI is InChI=1S/C43H29NS2/c1-43(2)37-12-6-3-9-31(37)32-19-17-29(24-38(32)43)44(30-18-20-35-33-10-4-7-13-39(33)46-42(35)25-30)28-16-15-26-22-36-34-11-5-8-14-40(34)45-41(36)23-27(26)21-28/h3-25H,1-2H3. The van der Waals surface area contributed by atoms with Gasteiger partial charge in [-0.2, -0.15) is 0 Å². The molecule has 0 fully saturated rings. The summed E-state index contributed by atoms with van der Waals surface area (Å²) in [5, 5.41) is 7.86. The van der Waals surface area contributed by atoms with Gasteiger partial charge in [0, 0.05) is 62.8 Å². The summed E-state index contributed by atoms with van der Waals surface area (Å²) in [4.78, 5) is 2.46. The number of fused-ring (bicyclic) bond motifs is 10. The Morgan fingerprint density at radius 1 is 0.413 bits per heavy atom. The Balaban J connectivity index is 1.19. The van der Waals surface area contributed by atoms with Gasteiger partial charge >= 0.3 is 0 Å². The van der Waals surface area contributed by atoms with E-state index in [1.807, 2.05) is 22.7 Å². The van der Waals surface area contributed by atoms with E-state index in [0.717, 1.165) is 0 Å². The SMILES string of the molecule is CC1(C)c2ccccc2-c2ccc(N(c3ccc4cc5c(cc4c3)sc3ccccc35)c3ccc4c(c3)sc3ccccc34)cc21. The van der Waals surface area contributed by atoms with Gasteiger partial charge in [0.2, 0.25) is 0 Å². The number of thiophene rings is 2. The molecule has 46 heavy (non-hydrogen) atoms. The van der Waals surface area contributed by atoms with Crippen molar-refractivity contribution in [3.63, 3.8) is 0 Å². The zero-order chi connectivity index (χ0) is 30.6. The smallest absolute Gasteiger partial charge is 0.0476 e. The molecule has 0 bridgehead atoms. The van der Waals surface area contributed by atoms with Crippen LogP contribution >= 0.6 is 22.7 Å². The largest absolute Gasteiger partial charge is 0.310 e. The average Bonchev–Trinajstić information content (AvgIpc) is 3.71. The van der Waals surface area contributed by atoms with Crippen molar-refractivity contribution in [2.24, 2.45) is 0 Å². The number of hydrogen-bond donors (Lipinski definition) is 0. The Kier molecular flexibility index (Phi) is 5.44. The van der Waals surface area contributed by atoms with Gasteiger partial charge in [-0.15, -0.1) is 22.7 Å². The number of benzene rings is 7. The first-order chi connectivity index (χ1) is 22.5. The van der Waals surface area contributed by atoms with E-state index in [-0.39, 0.29) is 5.41 Å². The second-order valence-corrected chi connectivity index (χ2v) is 15.2. The summed E-state index contributed by atoms with van der Waals surface area (Å²) >= 11 is 3.76. The molecule has 1 nitrogen and oxygen atoms in total. The Hall–Kier alpha value is -4.96. The summed E-state index contributed by atoms with van der Waals surface area (Å²) in [5.41, 5.74) is 8.93. The third-order valence-electron chi connectivity index (χ3n) is 10.0. The fourth-order valence-corrected chi connectivity index (χ4v) is 10.0. The fraction of sp³-hybridized carbons (Fsp3) is 0.0698. The average molecular weight is 624 g/mol. The number of anilines is 3. The molecule has 2 heterocycles. The van der Waals surface area contributed by atoms with E-state index < -0.39 is 0 Å². The highest BCUT2D eigenvalue weighted by Crippen LogP contribution is 2.51. The van der Waals surface area contributed by atoms with Gasteiger partial charge in [0.1, 0.15) is 0 Å². The lowest BCUT2D eigenvalue weighted by Crippen LogP contribution is -2.16. The third kappa shape index (κ3) is 3.73. The summed E-state index contributed by atoms with van der Waals surface area (Å²) in [6.45, 7) is 4.72. The van der Waals surface area contributed by atoms with Crippen LogP contribution in [0.5, 0.6) is 0 Å². The highest BCUT2D eigenvalue weighted by molar-refractivity contribution is 7.26. The van der Waals surface area contributed by atoms with Crippen molar-refractivity contribution in [2.75, 3.05) is 4.90 Å². The molecule has 0 N–H and O–H groups in total. The van der Waals surface area contributed by atoms with Crippen molar-refractivity contribution in [1.29, 1.82) is 0 Å². The molecule has 0 radical (unpaired) electrons. The maximum atomic E-state index is 2.46. The van der Waals surface area contributed by atoms with Gasteiger partial charge in [-0.05, 0) is 93.7 Å². The normalized spacial score (nSPS) is 13.6. The van der Waals surface area contributed by atoms with Gasteiger partial charge in [0.15, 0.2) is 0 Å². The summed E-state index contributed by atoms with van der Waals surface area (Å²) in [7, 11) is 0. The highest BCUT2D eigenvalue weighted by Gasteiger charge is 2.35. The van der Waals surface area contributed by atoms with Crippen LogP contribution in [0.25, 0.3) is 62.2 Å². The van der Waals surface area contributed by atoms with Crippen LogP contribution in [-0.4, -0.2) is 0 Å². The van der Waals surface area contributed by atoms with Crippen molar-refractivity contribution < 1.29 is 0 Å². The fourth-order valence-electron chi connectivity index (χ4n) is 7.73. The molecule has 0 amide bonds. The van der Waals surface area contributed by atoms with Crippen LogP contribution in [0.15, 0.2) is 140 Å². The van der Waals surface area contributed by atoms with Crippen molar-refractivity contribution in [3.8, 4) is 11.1 Å². The van der Waals surface area contributed by atoms with E-state index in [1.54, 1.807) is 0 Å². The molecule has 7 aromatic carbocycles. The third-order valence-corrected chi connectivity index (χ3v) is 12.3. The van der Waals surface area contributed by atoms with Crippen LogP contribution in [0.4, 0.5) is 17.1 Å². The molecular formula is C43H29NS2. The van der Waals surface area contributed by atoms with E-state index in [0.29, 0.717) is 0 Å². The molecule has 0 aliphatic heterocycles. The van der Waals surface area contributed by atoms with Gasteiger partial charge in [-0.1, -0.05) is 92.7 Å². The van der Waals surface area contributed by atoms with E-state index in [4.69, 9.17) is 0 Å². The molecule has 10 rings (SSSR count). The van der Waals surface area contributed by atoms with Gasteiger partial charge in [-0.25, -0.2) is 0 Å². The molecule has 0 saturated carbocycles. The van der Waals surface area contributed by atoms with Crippen LogP contribution in [0.1, 0.15) is 25.0 Å². The zero-order valence-electron chi connectivity index (χ0n) is 25.5. The van der Waals surface area contributed by atoms with E-state index >= 15 is 0 Å². The van der Waals surface area contributed by atoms with Crippen LogP contribution in [0.3, 0.4) is 0 Å². The second kappa shape index (κ2) is 9.53. The summed E-state index contributed by atoms with van der Waals surface area (Å²) in [6.07, 6.45) is 0. The minimum atomic E-state index is -0.0702. The molecular weight excluding hydrogens is 595 g/mol. The van der Waals surface area contributed by atoms with Crippen molar-refractivity contribution >= 4 is 90.9 Å². The van der Waals surface area contributed by atoms with Gasteiger partial charge < -0.3 is 4.90 Å². The molecule has 1 aliphatic carbocycles. The summed E-state index contributed by atoms with van der Waals surface area (Å²) in [6, 6.07) is 52.2. The number of nitrogens with zero attached hydrogens (tertiary/aromatic N) is 1. The van der Waals surface area contributed by atoms with Gasteiger partial charge in [-0.3, -0.25) is 0 Å². The first-order valence-electron chi connectivity index (χ1n) is 15.8. The molecule has 218 valence electrons. The van der Waals surface area contributed by atoms with Crippen molar-refractivity contribution in [1.82, 2.24) is 0 Å². The topological polar surface area (TPSA) is 3.24 Å². The summed E-state index contributed by atoms with van der Waals surface area (Å²) < 4.78 is 5.32. The maximum absolute atomic E-state index is 2.46. The predicted octanol–water partition coefficient (Wildman–Crippen LogP) is 13.4. The Bertz CT molecular complexity index is 2690. The van der Waals surface area contributed by atoms with Crippen molar-refractivity contribution in [3.05, 3.63) is 151 Å². The van der Waals surface area contributed by atoms with E-state index in [2.05, 4.69) is 158 Å². The summed E-state index contributed by atoms with van der Waals surface area (Å²) in [5.74, 6) is 0. The first-order valence-corrected chi connectivity index (χ1v) is 17.5. The molecule has 0 atom stereocenters. The minimum absolute atomic E-state index is 0.0702. The molecule has 0 spiro atoms. The number of hydrogen-bond acceptors (Lipinski definition) is 3. The van der Waals surface area contributed by atoms with Crippen LogP contribution in [0.2, 0.25) is 0 Å². The van der Waals surface area contributed by atoms with Gasteiger partial charge in [0.25, 0.3) is 0 Å². The molecule has 0 unspecified atom stereocenters. The molecule has 3 heteroatoms. The lowest BCUT2D eigenvalue weighted by molar-refractivity contribution is 0.660. The first kappa shape index (κ1) is 26.3. The van der Waals surface area contributed by atoms with Crippen LogP contribution < -0.4 is 4.90 Å². The Morgan fingerprint density at radius 2 is 1.00 bits per heavy atom. The second-order valence-electron chi connectivity index (χ2n) is 13.0. The Labute approximate surface area is 275 Å². The Morgan fingerprint density at radius 3 is 1.83 bits per heavy atom. The van der Waals surface area contributed by atoms with Crippen molar-refractivity contribution in [2.45, 2.75) is 19.3 Å². The quantitative estimate of drug-likeness (QED) is 0.189. The van der Waals surface area contributed by atoms with E-state index in [9.17, 15) is 0 Å². The molecule has 9 aromatic rings. The monoisotopic (exact) mass is 623 g/mol. The van der Waals surface area contributed by atoms with E-state index in [1.165, 1.54) is 90.4 Å². The lowest BCUT2D eigenvalue weighted by Gasteiger charge is -2.28.